The van der Waals surface area contributed by atoms with Gasteiger partial charge in [0.25, 0.3) is 5.91 Å². The molecule has 8 heteroatoms. The Labute approximate surface area is 182 Å². The zero-order valence-corrected chi connectivity index (χ0v) is 18.3. The lowest BCUT2D eigenvalue weighted by Crippen LogP contribution is -2.36. The first-order valence-corrected chi connectivity index (χ1v) is 12.1. The Kier molecular flexibility index (Phi) is 6.29. The quantitative estimate of drug-likeness (QED) is 0.700. The maximum atomic E-state index is 14.5. The fourth-order valence-electron chi connectivity index (χ4n) is 4.03. The molecule has 2 aromatic rings. The molecule has 0 aromatic heterocycles. The molecule has 1 saturated carbocycles. The van der Waals surface area contributed by atoms with Crippen LogP contribution in [0.4, 0.5) is 4.39 Å². The number of ether oxygens (including phenoxy) is 1. The minimum absolute atomic E-state index is 0.135. The van der Waals surface area contributed by atoms with Crippen LogP contribution in [0, 0.1) is 11.7 Å². The van der Waals surface area contributed by atoms with E-state index in [0.29, 0.717) is 19.0 Å². The minimum Gasteiger partial charge on any atom is -0.497 e. The molecule has 1 aliphatic carbocycles. The highest BCUT2D eigenvalue weighted by atomic mass is 32.2. The number of piperidine rings is 1. The Morgan fingerprint density at radius 3 is 2.39 bits per heavy atom. The van der Waals surface area contributed by atoms with E-state index >= 15 is 0 Å². The summed E-state index contributed by atoms with van der Waals surface area (Å²) < 4.78 is 46.9. The Balaban J connectivity index is 1.57. The highest BCUT2D eigenvalue weighted by Gasteiger charge is 2.34. The number of nitrogens with one attached hydrogen (secondary N) is 1. The van der Waals surface area contributed by atoms with Crippen molar-refractivity contribution in [1.29, 1.82) is 0 Å². The summed E-state index contributed by atoms with van der Waals surface area (Å²) in [7, 11) is -2.38. The molecule has 1 N–H and O–H groups in total. The fraction of sp³-hybridized carbons (Fsp3) is 0.435. The highest BCUT2D eigenvalue weighted by molar-refractivity contribution is 7.89. The normalized spacial score (nSPS) is 18.4. The summed E-state index contributed by atoms with van der Waals surface area (Å²) in [5.74, 6) is -0.191. The van der Waals surface area contributed by atoms with Crippen LogP contribution in [0.15, 0.2) is 47.4 Å². The molecule has 1 saturated heterocycles. The van der Waals surface area contributed by atoms with Gasteiger partial charge >= 0.3 is 0 Å². The number of halogens is 1. The van der Waals surface area contributed by atoms with Gasteiger partial charge in [-0.05, 0) is 67.5 Å². The van der Waals surface area contributed by atoms with E-state index in [2.05, 4.69) is 5.32 Å². The van der Waals surface area contributed by atoms with Gasteiger partial charge in [-0.15, -0.1) is 0 Å². The predicted molar refractivity (Wildman–Crippen MR) is 115 cm³/mol. The number of sulfonamides is 1. The van der Waals surface area contributed by atoms with E-state index in [0.717, 1.165) is 55.5 Å². The summed E-state index contributed by atoms with van der Waals surface area (Å²) in [5, 5.41) is 3.02. The smallest absolute Gasteiger partial charge is 0.251 e. The van der Waals surface area contributed by atoms with Crippen molar-refractivity contribution in [1.82, 2.24) is 9.62 Å². The molecule has 166 valence electrons. The average Bonchev–Trinajstić information content (AvgIpc) is 3.63. The Hall–Kier alpha value is -2.45. The van der Waals surface area contributed by atoms with Gasteiger partial charge in [-0.3, -0.25) is 4.79 Å². The standard InChI is InChI=1S/C23H27FN2O4S/c1-30-19-10-7-17(8-11-19)22(16-5-6-16)25-23(27)18-9-12-20(24)21(15-18)31(28,29)26-13-3-2-4-14-26/h7-12,15-16,22H,2-6,13-14H2,1H3,(H,25,27). The second kappa shape index (κ2) is 8.96. The molecule has 0 spiro atoms. The van der Waals surface area contributed by atoms with E-state index in [1.807, 2.05) is 24.3 Å². The maximum Gasteiger partial charge on any atom is 0.251 e. The summed E-state index contributed by atoms with van der Waals surface area (Å²) in [6, 6.07) is 10.9. The fourth-order valence-corrected chi connectivity index (χ4v) is 5.63. The molecule has 1 atom stereocenters. The van der Waals surface area contributed by atoms with Crippen LogP contribution in [-0.2, 0) is 10.0 Å². The van der Waals surface area contributed by atoms with E-state index < -0.39 is 26.6 Å². The van der Waals surface area contributed by atoms with Gasteiger partial charge in [-0.25, -0.2) is 12.8 Å². The molecule has 6 nitrogen and oxygen atoms in total. The third-order valence-corrected chi connectivity index (χ3v) is 7.89. The zero-order valence-electron chi connectivity index (χ0n) is 17.5. The van der Waals surface area contributed by atoms with E-state index in [-0.39, 0.29) is 11.6 Å². The van der Waals surface area contributed by atoms with Gasteiger partial charge in [0.05, 0.1) is 13.2 Å². The number of benzene rings is 2. The molecule has 31 heavy (non-hydrogen) atoms. The zero-order chi connectivity index (χ0) is 22.0. The molecule has 2 aromatic carbocycles. The van der Waals surface area contributed by atoms with Crippen molar-refractivity contribution in [3.63, 3.8) is 0 Å². The number of rotatable bonds is 7. The lowest BCUT2D eigenvalue weighted by atomic mass is 10.0. The van der Waals surface area contributed by atoms with Gasteiger partial charge in [0.15, 0.2) is 0 Å². The van der Waals surface area contributed by atoms with Crippen molar-refractivity contribution in [2.24, 2.45) is 5.92 Å². The molecule has 0 bridgehead atoms. The van der Waals surface area contributed by atoms with E-state index in [1.165, 1.54) is 10.4 Å². The third kappa shape index (κ3) is 4.75. The van der Waals surface area contributed by atoms with E-state index in [1.54, 1.807) is 7.11 Å². The van der Waals surface area contributed by atoms with Gasteiger partial charge in [-0.1, -0.05) is 18.6 Å². The van der Waals surface area contributed by atoms with Crippen molar-refractivity contribution in [2.45, 2.75) is 43.0 Å². The largest absolute Gasteiger partial charge is 0.497 e. The van der Waals surface area contributed by atoms with Crippen LogP contribution < -0.4 is 10.1 Å². The summed E-state index contributed by atoms with van der Waals surface area (Å²) in [5.41, 5.74) is 1.09. The molecule has 0 radical (unpaired) electrons. The van der Waals surface area contributed by atoms with Crippen molar-refractivity contribution < 1.29 is 22.3 Å². The van der Waals surface area contributed by atoms with Crippen molar-refractivity contribution >= 4 is 15.9 Å². The van der Waals surface area contributed by atoms with Crippen molar-refractivity contribution in [3.8, 4) is 5.75 Å². The number of hydrogen-bond acceptors (Lipinski definition) is 4. The van der Waals surface area contributed by atoms with Crippen LogP contribution in [0.5, 0.6) is 5.75 Å². The van der Waals surface area contributed by atoms with Crippen LogP contribution in [0.1, 0.15) is 54.1 Å². The SMILES string of the molecule is COc1ccc(C(NC(=O)c2ccc(F)c(S(=O)(=O)N3CCCCC3)c2)C2CC2)cc1. The second-order valence-electron chi connectivity index (χ2n) is 8.17. The summed E-state index contributed by atoms with van der Waals surface area (Å²) in [6.45, 7) is 0.749. The molecular weight excluding hydrogens is 419 g/mol. The number of methoxy groups -OCH3 is 1. The molecule has 2 aliphatic rings. The molecule has 1 unspecified atom stereocenters. The number of hydrogen-bond donors (Lipinski definition) is 1. The minimum atomic E-state index is -3.98. The Morgan fingerprint density at radius 1 is 1.10 bits per heavy atom. The average molecular weight is 447 g/mol. The number of carbonyl (C=O) groups excluding carboxylic acids is 1. The molecule has 1 heterocycles. The Morgan fingerprint density at radius 2 is 1.77 bits per heavy atom. The van der Waals surface area contributed by atoms with Crippen LogP contribution in [-0.4, -0.2) is 38.8 Å². The number of nitrogens with zero attached hydrogens (tertiary/aromatic N) is 1. The van der Waals surface area contributed by atoms with Crippen LogP contribution >= 0.6 is 0 Å². The predicted octanol–water partition coefficient (Wildman–Crippen LogP) is 3.89. The van der Waals surface area contributed by atoms with Crippen molar-refractivity contribution in [2.75, 3.05) is 20.2 Å². The molecule has 1 amide bonds. The summed E-state index contributed by atoms with van der Waals surface area (Å²) >= 11 is 0. The van der Waals surface area contributed by atoms with Crippen LogP contribution in [0.25, 0.3) is 0 Å². The monoisotopic (exact) mass is 446 g/mol. The van der Waals surface area contributed by atoms with Gasteiger partial charge in [0.1, 0.15) is 16.5 Å². The van der Waals surface area contributed by atoms with E-state index in [4.69, 9.17) is 4.74 Å². The number of carbonyl (C=O) groups is 1. The van der Waals surface area contributed by atoms with E-state index in [9.17, 15) is 17.6 Å². The van der Waals surface area contributed by atoms with Crippen LogP contribution in [0.2, 0.25) is 0 Å². The third-order valence-electron chi connectivity index (χ3n) is 5.98. The van der Waals surface area contributed by atoms with Gasteiger partial charge in [-0.2, -0.15) is 4.31 Å². The van der Waals surface area contributed by atoms with Gasteiger partial charge in [0, 0.05) is 18.7 Å². The second-order valence-corrected chi connectivity index (χ2v) is 10.1. The maximum absolute atomic E-state index is 14.5. The lowest BCUT2D eigenvalue weighted by molar-refractivity contribution is 0.0931. The highest BCUT2D eigenvalue weighted by Crippen LogP contribution is 2.41. The van der Waals surface area contributed by atoms with Crippen molar-refractivity contribution in [3.05, 3.63) is 59.4 Å². The molecule has 2 fully saturated rings. The first kappa shape index (κ1) is 21.8. The first-order valence-electron chi connectivity index (χ1n) is 10.6. The van der Waals surface area contributed by atoms with Crippen LogP contribution in [0.3, 0.4) is 0 Å². The van der Waals surface area contributed by atoms with Gasteiger partial charge in [0.2, 0.25) is 10.0 Å². The summed E-state index contributed by atoms with van der Waals surface area (Å²) in [4.78, 5) is 12.5. The molecule has 1 aliphatic heterocycles. The number of amides is 1. The first-order chi connectivity index (χ1) is 14.9. The summed E-state index contributed by atoms with van der Waals surface area (Å²) in [6.07, 6.45) is 4.49. The topological polar surface area (TPSA) is 75.7 Å². The van der Waals surface area contributed by atoms with Gasteiger partial charge < -0.3 is 10.1 Å². The lowest BCUT2D eigenvalue weighted by Gasteiger charge is -2.26. The molecular formula is C23H27FN2O4S. The molecule has 4 rings (SSSR count). The Bertz CT molecular complexity index is 1050.